The first-order valence-corrected chi connectivity index (χ1v) is 9.69. The number of hydrogen-bond acceptors (Lipinski definition) is 4. The molecule has 0 saturated carbocycles. The van der Waals surface area contributed by atoms with Gasteiger partial charge in [-0.3, -0.25) is 4.79 Å². The van der Waals surface area contributed by atoms with Crippen molar-refractivity contribution >= 4 is 21.6 Å². The molecule has 0 radical (unpaired) electrons. The van der Waals surface area contributed by atoms with Gasteiger partial charge < -0.3 is 10.2 Å². The molecule has 0 spiro atoms. The highest BCUT2D eigenvalue weighted by molar-refractivity contribution is 7.89. The molecule has 2 fully saturated rings. The first kappa shape index (κ1) is 16.3. The van der Waals surface area contributed by atoms with Crippen LogP contribution in [0.2, 0.25) is 0 Å². The van der Waals surface area contributed by atoms with Crippen molar-refractivity contribution in [3.63, 3.8) is 0 Å². The van der Waals surface area contributed by atoms with Gasteiger partial charge in [0, 0.05) is 38.4 Å². The standard InChI is InChI=1S/C16H23N3O3S/c1-17-15-8-3-2-7-14(15)16(20)18-9-4-6-13(12-18)19-10-5-11-23(19,21)22/h2-3,7-8,13,17H,4-6,9-12H2,1H3. The third-order valence-electron chi connectivity index (χ3n) is 4.66. The van der Waals surface area contributed by atoms with Gasteiger partial charge in [-0.1, -0.05) is 12.1 Å². The summed E-state index contributed by atoms with van der Waals surface area (Å²) in [6.07, 6.45) is 2.36. The van der Waals surface area contributed by atoms with E-state index in [1.165, 1.54) is 0 Å². The lowest BCUT2D eigenvalue weighted by molar-refractivity contribution is 0.0659. The third-order valence-corrected chi connectivity index (χ3v) is 6.66. The number of nitrogens with one attached hydrogen (secondary N) is 1. The number of amides is 1. The zero-order chi connectivity index (χ0) is 16.4. The summed E-state index contributed by atoms with van der Waals surface area (Å²) in [6, 6.07) is 7.34. The SMILES string of the molecule is CNc1ccccc1C(=O)N1CCCC(N2CCCS2(=O)=O)C1. The van der Waals surface area contributed by atoms with Crippen molar-refractivity contribution in [1.82, 2.24) is 9.21 Å². The molecule has 1 N–H and O–H groups in total. The maximum absolute atomic E-state index is 12.8. The van der Waals surface area contributed by atoms with Crippen LogP contribution in [0.4, 0.5) is 5.69 Å². The first-order valence-electron chi connectivity index (χ1n) is 8.08. The largest absolute Gasteiger partial charge is 0.387 e. The highest BCUT2D eigenvalue weighted by Gasteiger charge is 2.37. The van der Waals surface area contributed by atoms with Crippen LogP contribution in [0.1, 0.15) is 29.6 Å². The van der Waals surface area contributed by atoms with Gasteiger partial charge in [0.15, 0.2) is 0 Å². The Bertz CT molecular complexity index is 690. The normalized spacial score (nSPS) is 24.6. The number of sulfonamides is 1. The van der Waals surface area contributed by atoms with E-state index in [9.17, 15) is 13.2 Å². The van der Waals surface area contributed by atoms with Gasteiger partial charge in [-0.2, -0.15) is 4.31 Å². The molecule has 126 valence electrons. The van der Waals surface area contributed by atoms with Gasteiger partial charge in [-0.25, -0.2) is 8.42 Å². The monoisotopic (exact) mass is 337 g/mol. The molecular weight excluding hydrogens is 314 g/mol. The minimum Gasteiger partial charge on any atom is -0.387 e. The Kier molecular flexibility index (Phi) is 4.59. The van der Waals surface area contributed by atoms with Gasteiger partial charge in [0.05, 0.1) is 11.3 Å². The number of carbonyl (C=O) groups is 1. The first-order chi connectivity index (χ1) is 11.0. The lowest BCUT2D eigenvalue weighted by Gasteiger charge is -2.37. The molecular formula is C16H23N3O3S. The van der Waals surface area contributed by atoms with Crippen LogP contribution in [0.15, 0.2) is 24.3 Å². The Morgan fingerprint density at radius 2 is 2.00 bits per heavy atom. The van der Waals surface area contributed by atoms with Crippen molar-refractivity contribution in [1.29, 1.82) is 0 Å². The molecule has 2 heterocycles. The Hall–Kier alpha value is -1.60. The van der Waals surface area contributed by atoms with Crippen molar-refractivity contribution in [3.05, 3.63) is 29.8 Å². The predicted octanol–water partition coefficient (Wildman–Crippen LogP) is 1.37. The molecule has 0 bridgehead atoms. The summed E-state index contributed by atoms with van der Waals surface area (Å²) in [4.78, 5) is 14.6. The van der Waals surface area contributed by atoms with E-state index < -0.39 is 10.0 Å². The number of rotatable bonds is 3. The van der Waals surface area contributed by atoms with E-state index >= 15 is 0 Å². The van der Waals surface area contributed by atoms with E-state index in [4.69, 9.17) is 0 Å². The summed E-state index contributed by atoms with van der Waals surface area (Å²) in [5, 5.41) is 3.04. The average molecular weight is 337 g/mol. The van der Waals surface area contributed by atoms with Crippen LogP contribution >= 0.6 is 0 Å². The lowest BCUT2D eigenvalue weighted by Crippen LogP contribution is -2.50. The molecule has 0 aromatic heterocycles. The number of likely N-dealkylation sites (tertiary alicyclic amines) is 1. The number of hydrogen-bond donors (Lipinski definition) is 1. The maximum Gasteiger partial charge on any atom is 0.256 e. The van der Waals surface area contributed by atoms with Crippen LogP contribution in [0.25, 0.3) is 0 Å². The molecule has 3 rings (SSSR count). The molecule has 2 aliphatic rings. The number of nitrogens with zero attached hydrogens (tertiary/aromatic N) is 2. The maximum atomic E-state index is 12.8. The zero-order valence-corrected chi connectivity index (χ0v) is 14.2. The fourth-order valence-electron chi connectivity index (χ4n) is 3.50. The minimum absolute atomic E-state index is 0.0313. The number of piperidine rings is 1. The van der Waals surface area contributed by atoms with Gasteiger partial charge in [0.2, 0.25) is 10.0 Å². The van der Waals surface area contributed by atoms with Gasteiger partial charge in [-0.05, 0) is 31.4 Å². The quantitative estimate of drug-likeness (QED) is 0.904. The molecule has 7 heteroatoms. The molecule has 0 aliphatic carbocycles. The summed E-state index contributed by atoms with van der Waals surface area (Å²) in [5.41, 5.74) is 1.44. The number of para-hydroxylation sites is 1. The second-order valence-electron chi connectivity index (χ2n) is 6.12. The Morgan fingerprint density at radius 1 is 1.22 bits per heavy atom. The molecule has 1 aromatic rings. The summed E-state index contributed by atoms with van der Waals surface area (Å²) in [5.74, 6) is 0.205. The van der Waals surface area contributed by atoms with Crippen molar-refractivity contribution in [3.8, 4) is 0 Å². The number of carbonyl (C=O) groups excluding carboxylic acids is 1. The smallest absolute Gasteiger partial charge is 0.256 e. The summed E-state index contributed by atoms with van der Waals surface area (Å²) >= 11 is 0. The molecule has 23 heavy (non-hydrogen) atoms. The summed E-state index contributed by atoms with van der Waals surface area (Å²) in [6.45, 7) is 1.75. The van der Waals surface area contributed by atoms with Crippen molar-refractivity contribution in [2.45, 2.75) is 25.3 Å². The van der Waals surface area contributed by atoms with Crippen LogP contribution in [0.3, 0.4) is 0 Å². The minimum atomic E-state index is -3.13. The van der Waals surface area contributed by atoms with Crippen LogP contribution in [0, 0.1) is 0 Å². The average Bonchev–Trinajstić information content (AvgIpc) is 2.93. The van der Waals surface area contributed by atoms with E-state index in [0.29, 0.717) is 31.6 Å². The van der Waals surface area contributed by atoms with Crippen molar-refractivity contribution in [2.24, 2.45) is 0 Å². The molecule has 1 aromatic carbocycles. The van der Waals surface area contributed by atoms with Gasteiger partial charge in [0.25, 0.3) is 5.91 Å². The van der Waals surface area contributed by atoms with Crippen LogP contribution in [0.5, 0.6) is 0 Å². The topological polar surface area (TPSA) is 69.7 Å². The predicted molar refractivity (Wildman–Crippen MR) is 90.0 cm³/mol. The Morgan fingerprint density at radius 3 is 2.70 bits per heavy atom. The van der Waals surface area contributed by atoms with E-state index in [1.807, 2.05) is 24.3 Å². The van der Waals surface area contributed by atoms with E-state index in [2.05, 4.69) is 5.32 Å². The van der Waals surface area contributed by atoms with Crippen LogP contribution in [-0.2, 0) is 10.0 Å². The molecule has 1 amide bonds. The van der Waals surface area contributed by atoms with Gasteiger partial charge in [0.1, 0.15) is 0 Å². The van der Waals surface area contributed by atoms with Crippen molar-refractivity contribution < 1.29 is 13.2 Å². The second-order valence-corrected chi connectivity index (χ2v) is 8.16. The molecule has 1 unspecified atom stereocenters. The second kappa shape index (κ2) is 6.49. The highest BCUT2D eigenvalue weighted by Crippen LogP contribution is 2.25. The number of benzene rings is 1. The van der Waals surface area contributed by atoms with E-state index in [1.54, 1.807) is 16.3 Å². The van der Waals surface area contributed by atoms with Gasteiger partial charge >= 0.3 is 0 Å². The van der Waals surface area contributed by atoms with E-state index in [0.717, 1.165) is 18.5 Å². The van der Waals surface area contributed by atoms with Crippen LogP contribution < -0.4 is 5.32 Å². The van der Waals surface area contributed by atoms with Crippen LogP contribution in [-0.4, -0.2) is 62.0 Å². The third kappa shape index (κ3) is 3.21. The van der Waals surface area contributed by atoms with E-state index in [-0.39, 0.29) is 17.7 Å². The van der Waals surface area contributed by atoms with Gasteiger partial charge in [-0.15, -0.1) is 0 Å². The molecule has 6 nitrogen and oxygen atoms in total. The number of anilines is 1. The fraction of sp³-hybridized carbons (Fsp3) is 0.562. The fourth-order valence-corrected chi connectivity index (χ4v) is 5.26. The Balaban J connectivity index is 1.77. The zero-order valence-electron chi connectivity index (χ0n) is 13.4. The molecule has 1 atom stereocenters. The summed E-state index contributed by atoms with van der Waals surface area (Å²) < 4.78 is 25.8. The lowest BCUT2D eigenvalue weighted by atomic mass is 10.0. The molecule has 2 aliphatic heterocycles. The Labute approximate surface area is 137 Å². The molecule has 2 saturated heterocycles. The van der Waals surface area contributed by atoms with Crippen molar-refractivity contribution in [2.75, 3.05) is 37.8 Å². The summed E-state index contributed by atoms with van der Waals surface area (Å²) in [7, 11) is -1.34. The highest BCUT2D eigenvalue weighted by atomic mass is 32.2.